The van der Waals surface area contributed by atoms with E-state index in [-0.39, 0.29) is 5.91 Å². The minimum absolute atomic E-state index is 0.0491. The van der Waals surface area contributed by atoms with Gasteiger partial charge in [0.15, 0.2) is 0 Å². The highest BCUT2D eigenvalue weighted by Crippen LogP contribution is 2.38. The third kappa shape index (κ3) is 4.64. The van der Waals surface area contributed by atoms with Crippen LogP contribution in [0.25, 0.3) is 0 Å². The van der Waals surface area contributed by atoms with Crippen molar-refractivity contribution in [2.45, 2.75) is 103 Å². The summed E-state index contributed by atoms with van der Waals surface area (Å²) < 4.78 is 25.3. The zero-order valence-corrected chi connectivity index (χ0v) is 21.6. The largest absolute Gasteiger partial charge is 0.494 e. The first-order chi connectivity index (χ1) is 15.2. The van der Waals surface area contributed by atoms with Crippen LogP contribution in [-0.2, 0) is 18.6 Å². The average molecular weight is 455 g/mol. The zero-order chi connectivity index (χ0) is 24.2. The van der Waals surface area contributed by atoms with Crippen LogP contribution >= 0.6 is 0 Å². The van der Waals surface area contributed by atoms with E-state index < -0.39 is 36.6 Å². The van der Waals surface area contributed by atoms with Gasteiger partial charge in [-0.3, -0.25) is 4.79 Å². The first kappa shape index (κ1) is 24.8. The second-order valence-corrected chi connectivity index (χ2v) is 11.8. The van der Waals surface area contributed by atoms with E-state index in [1.807, 2.05) is 78.5 Å². The normalized spacial score (nSPS) is 25.9. The van der Waals surface area contributed by atoms with Gasteiger partial charge >= 0.3 is 14.2 Å². The number of carbonyl (C=O) groups is 1. The van der Waals surface area contributed by atoms with E-state index in [0.717, 1.165) is 36.9 Å². The summed E-state index contributed by atoms with van der Waals surface area (Å²) in [5.74, 6) is 0.0491. The lowest BCUT2D eigenvalue weighted by Crippen LogP contribution is -2.43. The molecule has 3 aliphatic rings. The zero-order valence-electron chi connectivity index (χ0n) is 21.6. The molecule has 0 N–H and O–H groups in total. The molecule has 0 spiro atoms. The number of hydrogen-bond acceptors (Lipinski definition) is 5. The predicted molar refractivity (Wildman–Crippen MR) is 132 cm³/mol. The number of benzene rings is 1. The predicted octanol–water partition coefficient (Wildman–Crippen LogP) is 3.30. The van der Waals surface area contributed by atoms with Crippen molar-refractivity contribution in [1.29, 1.82) is 0 Å². The van der Waals surface area contributed by atoms with Crippen LogP contribution < -0.4 is 10.9 Å². The van der Waals surface area contributed by atoms with Gasteiger partial charge in [0.1, 0.15) is 0 Å². The number of likely N-dealkylation sites (tertiary alicyclic amines) is 1. The molecule has 0 radical (unpaired) electrons. The highest BCUT2D eigenvalue weighted by molar-refractivity contribution is 6.66. The van der Waals surface area contributed by atoms with E-state index in [4.69, 9.17) is 18.6 Å². The number of amides is 1. The average Bonchev–Trinajstić information content (AvgIpc) is 2.96. The summed E-state index contributed by atoms with van der Waals surface area (Å²) in [6.45, 7) is 17.9. The van der Waals surface area contributed by atoms with Crippen LogP contribution in [0.1, 0.15) is 91.4 Å². The first-order valence-electron chi connectivity index (χ1n) is 12.4. The molecule has 3 saturated heterocycles. The molecule has 0 atom stereocenters. The highest BCUT2D eigenvalue weighted by Gasteiger charge is 2.54. The van der Waals surface area contributed by atoms with Crippen molar-refractivity contribution in [3.63, 3.8) is 0 Å². The van der Waals surface area contributed by atoms with E-state index >= 15 is 0 Å². The van der Waals surface area contributed by atoms with Crippen LogP contribution in [0, 0.1) is 0 Å². The SMILES string of the molecule is CC1(C)OB(c2cc(B3OC(C)(C)C(C)(C)O3)cc(C(=O)N3CCCCCC3)c2)OC1(C)C. The summed E-state index contributed by atoms with van der Waals surface area (Å²) in [4.78, 5) is 15.5. The number of carbonyl (C=O) groups excluding carboxylic acids is 1. The lowest BCUT2D eigenvalue weighted by Gasteiger charge is -2.32. The Morgan fingerprint density at radius 1 is 0.667 bits per heavy atom. The summed E-state index contributed by atoms with van der Waals surface area (Å²) in [7, 11) is -1.12. The van der Waals surface area contributed by atoms with Gasteiger partial charge in [-0.15, -0.1) is 0 Å². The lowest BCUT2D eigenvalue weighted by atomic mass is 9.71. The fourth-order valence-corrected chi connectivity index (χ4v) is 4.49. The Morgan fingerprint density at radius 3 is 1.39 bits per heavy atom. The summed E-state index contributed by atoms with van der Waals surface area (Å²) in [5.41, 5.74) is 0.409. The molecular formula is C25H39B2NO5. The summed E-state index contributed by atoms with van der Waals surface area (Å²) >= 11 is 0. The van der Waals surface area contributed by atoms with Gasteiger partial charge in [0.05, 0.1) is 22.4 Å². The number of rotatable bonds is 3. The standard InChI is InChI=1S/C25H39B2NO5/c1-22(2)23(3,4)31-26(30-22)19-15-18(21(29)28-13-11-9-10-12-14-28)16-20(17-19)27-32-24(5,6)25(7,8)33-27/h15-17H,9-14H2,1-8H3. The monoisotopic (exact) mass is 455 g/mol. The second kappa shape index (κ2) is 8.40. The molecule has 0 aromatic heterocycles. The molecule has 8 heteroatoms. The summed E-state index contributed by atoms with van der Waals surface area (Å²) in [6, 6.07) is 5.84. The Kier molecular flexibility index (Phi) is 6.31. The van der Waals surface area contributed by atoms with E-state index in [9.17, 15) is 4.79 Å². The smallest absolute Gasteiger partial charge is 0.399 e. The van der Waals surface area contributed by atoms with E-state index in [1.165, 1.54) is 12.8 Å². The van der Waals surface area contributed by atoms with Crippen molar-refractivity contribution >= 4 is 31.1 Å². The molecule has 3 aliphatic heterocycles. The summed E-state index contributed by atoms with van der Waals surface area (Å²) in [6.07, 6.45) is 4.45. The molecule has 0 bridgehead atoms. The maximum Gasteiger partial charge on any atom is 0.494 e. The van der Waals surface area contributed by atoms with Crippen LogP contribution in [0.5, 0.6) is 0 Å². The van der Waals surface area contributed by atoms with E-state index in [0.29, 0.717) is 5.56 Å². The van der Waals surface area contributed by atoms with Gasteiger partial charge in [0, 0.05) is 18.7 Å². The van der Waals surface area contributed by atoms with E-state index in [2.05, 4.69) is 0 Å². The van der Waals surface area contributed by atoms with Crippen molar-refractivity contribution in [3.8, 4) is 0 Å². The molecule has 0 saturated carbocycles. The molecule has 4 rings (SSSR count). The van der Waals surface area contributed by atoms with Gasteiger partial charge in [-0.05, 0) is 91.3 Å². The van der Waals surface area contributed by atoms with Crippen molar-refractivity contribution < 1.29 is 23.4 Å². The number of hydrogen-bond donors (Lipinski definition) is 0. The van der Waals surface area contributed by atoms with E-state index in [1.54, 1.807) is 0 Å². The van der Waals surface area contributed by atoms with Gasteiger partial charge in [0.2, 0.25) is 0 Å². The Bertz CT molecular complexity index is 820. The Labute approximate surface area is 200 Å². The van der Waals surface area contributed by atoms with Gasteiger partial charge < -0.3 is 23.5 Å². The summed E-state index contributed by atoms with van der Waals surface area (Å²) in [5, 5.41) is 0. The van der Waals surface area contributed by atoms with Gasteiger partial charge in [-0.1, -0.05) is 18.9 Å². The molecule has 1 amide bonds. The molecule has 1 aromatic carbocycles. The van der Waals surface area contributed by atoms with Crippen molar-refractivity contribution in [2.75, 3.05) is 13.1 Å². The minimum Gasteiger partial charge on any atom is -0.399 e. The Morgan fingerprint density at radius 2 is 1.03 bits per heavy atom. The molecule has 3 fully saturated rings. The van der Waals surface area contributed by atoms with Gasteiger partial charge in [-0.25, -0.2) is 0 Å². The first-order valence-corrected chi connectivity index (χ1v) is 12.4. The molecule has 0 aliphatic carbocycles. The van der Waals surface area contributed by atoms with Crippen LogP contribution in [0.15, 0.2) is 18.2 Å². The van der Waals surface area contributed by atoms with Crippen LogP contribution in [0.4, 0.5) is 0 Å². The molecule has 6 nitrogen and oxygen atoms in total. The third-order valence-electron chi connectivity index (χ3n) is 8.17. The molecule has 1 aromatic rings. The highest BCUT2D eigenvalue weighted by atomic mass is 16.7. The van der Waals surface area contributed by atoms with Crippen molar-refractivity contribution in [3.05, 3.63) is 23.8 Å². The minimum atomic E-state index is -0.562. The van der Waals surface area contributed by atoms with Gasteiger partial charge in [-0.2, -0.15) is 0 Å². The maximum atomic E-state index is 13.6. The maximum absolute atomic E-state index is 13.6. The molecule has 33 heavy (non-hydrogen) atoms. The Balaban J connectivity index is 1.72. The van der Waals surface area contributed by atoms with Crippen LogP contribution in [-0.4, -0.2) is 60.5 Å². The van der Waals surface area contributed by atoms with Crippen molar-refractivity contribution in [2.24, 2.45) is 0 Å². The third-order valence-corrected chi connectivity index (χ3v) is 8.17. The van der Waals surface area contributed by atoms with Gasteiger partial charge in [0.25, 0.3) is 5.91 Å². The molecule has 180 valence electrons. The second-order valence-electron chi connectivity index (χ2n) is 11.8. The molecular weight excluding hydrogens is 416 g/mol. The molecule has 3 heterocycles. The van der Waals surface area contributed by atoms with Crippen LogP contribution in [0.3, 0.4) is 0 Å². The topological polar surface area (TPSA) is 57.2 Å². The Hall–Kier alpha value is -1.34. The lowest BCUT2D eigenvalue weighted by molar-refractivity contribution is 0.00578. The van der Waals surface area contributed by atoms with Crippen molar-refractivity contribution in [1.82, 2.24) is 4.90 Å². The van der Waals surface area contributed by atoms with Crippen LogP contribution in [0.2, 0.25) is 0 Å². The quantitative estimate of drug-likeness (QED) is 0.655. The number of nitrogens with zero attached hydrogens (tertiary/aromatic N) is 1. The fraction of sp³-hybridized carbons (Fsp3) is 0.720. The molecule has 0 unspecified atom stereocenters. The fourth-order valence-electron chi connectivity index (χ4n) is 4.49.